The van der Waals surface area contributed by atoms with E-state index >= 15 is 0 Å². The van der Waals surface area contributed by atoms with Crippen molar-refractivity contribution in [2.45, 2.75) is 39.7 Å². The lowest BCUT2D eigenvalue weighted by Gasteiger charge is -2.26. The molecule has 0 saturated heterocycles. The molecular formula is C11H20N4. The van der Waals surface area contributed by atoms with E-state index in [2.05, 4.69) is 17.3 Å². The molecule has 4 heteroatoms. The van der Waals surface area contributed by atoms with E-state index in [-0.39, 0.29) is 0 Å². The maximum atomic E-state index is 5.98. The molecule has 0 amide bonds. The first-order valence-electron chi connectivity index (χ1n) is 5.79. The molecule has 0 aliphatic heterocycles. The quantitative estimate of drug-likeness (QED) is 0.795. The first-order valence-corrected chi connectivity index (χ1v) is 5.79. The summed E-state index contributed by atoms with van der Waals surface area (Å²) >= 11 is 0. The zero-order chi connectivity index (χ0) is 10.8. The molecule has 1 heterocycles. The third-order valence-corrected chi connectivity index (χ3v) is 3.26. The van der Waals surface area contributed by atoms with Gasteiger partial charge in [0, 0.05) is 13.1 Å². The van der Waals surface area contributed by atoms with E-state index in [0.29, 0.717) is 0 Å². The van der Waals surface area contributed by atoms with E-state index in [1.165, 1.54) is 19.3 Å². The van der Waals surface area contributed by atoms with Crippen LogP contribution in [0.25, 0.3) is 0 Å². The van der Waals surface area contributed by atoms with E-state index in [0.717, 1.165) is 36.2 Å². The van der Waals surface area contributed by atoms with Crippen molar-refractivity contribution in [3.8, 4) is 0 Å². The predicted octanol–water partition coefficient (Wildman–Crippen LogP) is 2.01. The number of hydrogen-bond acceptors (Lipinski definition) is 3. The van der Waals surface area contributed by atoms with Crippen molar-refractivity contribution in [3.63, 3.8) is 0 Å². The van der Waals surface area contributed by atoms with Crippen LogP contribution in [0, 0.1) is 12.8 Å². The summed E-state index contributed by atoms with van der Waals surface area (Å²) in [6.07, 6.45) is 4.09. The van der Waals surface area contributed by atoms with Crippen LogP contribution in [0.2, 0.25) is 0 Å². The second-order valence-corrected chi connectivity index (χ2v) is 4.34. The van der Waals surface area contributed by atoms with Gasteiger partial charge in [-0.2, -0.15) is 5.10 Å². The summed E-state index contributed by atoms with van der Waals surface area (Å²) in [5.74, 6) is 1.84. The van der Waals surface area contributed by atoms with Gasteiger partial charge in [-0.1, -0.05) is 6.42 Å². The van der Waals surface area contributed by atoms with Gasteiger partial charge in [-0.15, -0.1) is 0 Å². The first kappa shape index (κ1) is 10.3. The number of nitrogen functional groups attached to an aromatic ring is 1. The normalized spacial score (nSPS) is 16.4. The lowest BCUT2D eigenvalue weighted by molar-refractivity contribution is 0.332. The van der Waals surface area contributed by atoms with Gasteiger partial charge in [-0.3, -0.25) is 0 Å². The molecule has 0 spiro atoms. The van der Waals surface area contributed by atoms with Gasteiger partial charge in [0.1, 0.15) is 5.82 Å². The van der Waals surface area contributed by atoms with Crippen LogP contribution in [0.15, 0.2) is 0 Å². The van der Waals surface area contributed by atoms with Crippen molar-refractivity contribution in [1.29, 1.82) is 0 Å². The Morgan fingerprint density at radius 2 is 2.27 bits per heavy atom. The van der Waals surface area contributed by atoms with Gasteiger partial charge in [0.05, 0.1) is 11.4 Å². The van der Waals surface area contributed by atoms with Crippen molar-refractivity contribution < 1.29 is 0 Å². The number of nitrogens with one attached hydrogen (secondary N) is 1. The fourth-order valence-electron chi connectivity index (χ4n) is 1.95. The minimum Gasteiger partial charge on any atom is -0.394 e. The van der Waals surface area contributed by atoms with E-state index in [4.69, 9.17) is 5.73 Å². The smallest absolute Gasteiger partial charge is 0.148 e. The minimum absolute atomic E-state index is 0.802. The fourth-order valence-corrected chi connectivity index (χ4v) is 1.95. The SMILES string of the molecule is CCn1nc(C)c(N)c1NCC1CCC1. The Morgan fingerprint density at radius 1 is 1.53 bits per heavy atom. The molecule has 0 unspecified atom stereocenters. The highest BCUT2D eigenvalue weighted by Crippen LogP contribution is 2.28. The Labute approximate surface area is 90.8 Å². The Hall–Kier alpha value is -1.19. The molecule has 15 heavy (non-hydrogen) atoms. The summed E-state index contributed by atoms with van der Waals surface area (Å²) in [6.45, 7) is 5.94. The first-order chi connectivity index (χ1) is 7.22. The zero-order valence-corrected chi connectivity index (χ0v) is 9.58. The number of nitrogens with two attached hydrogens (primary N) is 1. The largest absolute Gasteiger partial charge is 0.394 e. The summed E-state index contributed by atoms with van der Waals surface area (Å²) < 4.78 is 1.95. The Bertz CT molecular complexity index is 339. The zero-order valence-electron chi connectivity index (χ0n) is 9.58. The van der Waals surface area contributed by atoms with Crippen LogP contribution in [0.3, 0.4) is 0 Å². The van der Waals surface area contributed by atoms with Crippen molar-refractivity contribution in [3.05, 3.63) is 5.69 Å². The molecular weight excluding hydrogens is 188 g/mol. The average Bonchev–Trinajstić information content (AvgIpc) is 2.42. The molecule has 84 valence electrons. The van der Waals surface area contributed by atoms with Crippen molar-refractivity contribution in [2.75, 3.05) is 17.6 Å². The van der Waals surface area contributed by atoms with Crippen LogP contribution in [0.1, 0.15) is 31.9 Å². The highest BCUT2D eigenvalue weighted by molar-refractivity contribution is 5.64. The molecule has 0 radical (unpaired) electrons. The van der Waals surface area contributed by atoms with Gasteiger partial charge in [0.2, 0.25) is 0 Å². The Balaban J connectivity index is 2.04. The highest BCUT2D eigenvalue weighted by Gasteiger charge is 2.18. The third-order valence-electron chi connectivity index (χ3n) is 3.26. The number of hydrogen-bond donors (Lipinski definition) is 2. The molecule has 2 rings (SSSR count). The number of aromatic nitrogens is 2. The number of anilines is 2. The van der Waals surface area contributed by atoms with Crippen LogP contribution in [0.4, 0.5) is 11.5 Å². The average molecular weight is 208 g/mol. The molecule has 0 bridgehead atoms. The molecule has 0 aromatic carbocycles. The van der Waals surface area contributed by atoms with Gasteiger partial charge < -0.3 is 11.1 Å². The Kier molecular flexibility index (Phi) is 2.84. The maximum absolute atomic E-state index is 5.98. The van der Waals surface area contributed by atoms with E-state index in [9.17, 15) is 0 Å². The van der Waals surface area contributed by atoms with Crippen molar-refractivity contribution in [1.82, 2.24) is 9.78 Å². The fraction of sp³-hybridized carbons (Fsp3) is 0.727. The molecule has 1 fully saturated rings. The number of aryl methyl sites for hydroxylation is 2. The van der Waals surface area contributed by atoms with E-state index < -0.39 is 0 Å². The summed E-state index contributed by atoms with van der Waals surface area (Å²) in [7, 11) is 0. The number of nitrogens with zero attached hydrogens (tertiary/aromatic N) is 2. The second-order valence-electron chi connectivity index (χ2n) is 4.34. The Morgan fingerprint density at radius 3 is 2.80 bits per heavy atom. The molecule has 1 saturated carbocycles. The summed E-state index contributed by atoms with van der Waals surface area (Å²) in [4.78, 5) is 0. The molecule has 1 aliphatic carbocycles. The van der Waals surface area contributed by atoms with Gasteiger partial charge in [0.15, 0.2) is 0 Å². The predicted molar refractivity (Wildman–Crippen MR) is 62.9 cm³/mol. The van der Waals surface area contributed by atoms with Crippen LogP contribution in [0.5, 0.6) is 0 Å². The van der Waals surface area contributed by atoms with Crippen molar-refractivity contribution >= 4 is 11.5 Å². The molecule has 3 N–H and O–H groups in total. The minimum atomic E-state index is 0.802. The van der Waals surface area contributed by atoms with Gasteiger partial charge in [-0.05, 0) is 32.6 Å². The topological polar surface area (TPSA) is 55.9 Å². The summed E-state index contributed by atoms with van der Waals surface area (Å²) in [5.41, 5.74) is 7.70. The second kappa shape index (κ2) is 4.13. The van der Waals surface area contributed by atoms with E-state index in [1.54, 1.807) is 0 Å². The lowest BCUT2D eigenvalue weighted by Crippen LogP contribution is -2.22. The van der Waals surface area contributed by atoms with Crippen molar-refractivity contribution in [2.24, 2.45) is 5.92 Å². The standard InChI is InChI=1S/C11H20N4/c1-3-15-11(10(12)8(2)14-15)13-7-9-5-4-6-9/h9,13H,3-7,12H2,1-2H3. The maximum Gasteiger partial charge on any atom is 0.148 e. The summed E-state index contributed by atoms with van der Waals surface area (Å²) in [5, 5.41) is 7.81. The summed E-state index contributed by atoms with van der Waals surface area (Å²) in [6, 6.07) is 0. The van der Waals surface area contributed by atoms with Crippen LogP contribution in [-0.4, -0.2) is 16.3 Å². The lowest BCUT2D eigenvalue weighted by atomic mass is 9.85. The third kappa shape index (κ3) is 1.94. The molecule has 1 aliphatic rings. The van der Waals surface area contributed by atoms with Crippen LogP contribution in [-0.2, 0) is 6.54 Å². The van der Waals surface area contributed by atoms with E-state index in [1.807, 2.05) is 11.6 Å². The van der Waals surface area contributed by atoms with Gasteiger partial charge in [0.25, 0.3) is 0 Å². The number of rotatable bonds is 4. The molecule has 1 aromatic rings. The molecule has 4 nitrogen and oxygen atoms in total. The van der Waals surface area contributed by atoms with Crippen LogP contribution < -0.4 is 11.1 Å². The molecule has 1 aromatic heterocycles. The highest BCUT2D eigenvalue weighted by atomic mass is 15.3. The van der Waals surface area contributed by atoms with Crippen LogP contribution >= 0.6 is 0 Å². The van der Waals surface area contributed by atoms with Gasteiger partial charge >= 0.3 is 0 Å². The monoisotopic (exact) mass is 208 g/mol. The molecule has 0 atom stereocenters. The van der Waals surface area contributed by atoms with Gasteiger partial charge in [-0.25, -0.2) is 4.68 Å².